The molecule has 0 bridgehead atoms. The Bertz CT molecular complexity index is 706. The van der Waals surface area contributed by atoms with Crippen molar-refractivity contribution >= 4 is 6.03 Å². The maximum absolute atomic E-state index is 15.4. The summed E-state index contributed by atoms with van der Waals surface area (Å²) >= 11 is 0. The van der Waals surface area contributed by atoms with E-state index in [4.69, 9.17) is 4.52 Å². The fraction of sp³-hybridized carbons (Fsp3) is 0.500. The van der Waals surface area contributed by atoms with Crippen molar-refractivity contribution in [1.82, 2.24) is 25.3 Å². The molecule has 2 aromatic rings. The van der Waals surface area contributed by atoms with Crippen molar-refractivity contribution in [3.05, 3.63) is 30.4 Å². The highest BCUT2D eigenvalue weighted by Gasteiger charge is 2.44. The van der Waals surface area contributed by atoms with E-state index >= 15 is 4.39 Å². The van der Waals surface area contributed by atoms with Crippen molar-refractivity contribution in [1.29, 1.82) is 0 Å². The Morgan fingerprint density at radius 3 is 2.88 bits per heavy atom. The number of likely N-dealkylation sites (tertiary alicyclic amines) is 1. The fourth-order valence-corrected chi connectivity index (χ4v) is 2.72. The molecule has 24 heavy (non-hydrogen) atoms. The minimum atomic E-state index is -1.83. The van der Waals surface area contributed by atoms with Crippen LogP contribution in [0, 0.1) is 0 Å². The Morgan fingerprint density at radius 2 is 2.17 bits per heavy atom. The minimum Gasteiger partial charge on any atom is -0.336 e. The van der Waals surface area contributed by atoms with Gasteiger partial charge < -0.3 is 14.7 Å². The summed E-state index contributed by atoms with van der Waals surface area (Å²) in [6, 6.07) is 3.17. The standard InChI is InChI=1S/C16H20FN5O2/c1-11(2)19-15(23)22-9-3-6-16(17,10-22)14-20-13(21-24-14)12-4-7-18-8-5-12/h4-5,7-8,11H,3,6,9-10H2,1-2H3,(H,19,23). The molecule has 0 spiro atoms. The Labute approximate surface area is 139 Å². The predicted octanol–water partition coefficient (Wildman–Crippen LogP) is 2.51. The van der Waals surface area contributed by atoms with Crippen LogP contribution in [0.15, 0.2) is 29.0 Å². The molecule has 1 saturated heterocycles. The molecule has 8 heteroatoms. The summed E-state index contributed by atoms with van der Waals surface area (Å²) in [7, 11) is 0. The average molecular weight is 333 g/mol. The number of aromatic nitrogens is 3. The van der Waals surface area contributed by atoms with Gasteiger partial charge >= 0.3 is 6.03 Å². The fourth-order valence-electron chi connectivity index (χ4n) is 2.72. The Balaban J connectivity index is 1.78. The first-order chi connectivity index (χ1) is 11.5. The smallest absolute Gasteiger partial charge is 0.317 e. The Morgan fingerprint density at radius 1 is 1.42 bits per heavy atom. The van der Waals surface area contributed by atoms with Gasteiger partial charge in [-0.3, -0.25) is 4.98 Å². The first kappa shape index (κ1) is 16.4. The monoisotopic (exact) mass is 333 g/mol. The van der Waals surface area contributed by atoms with Crippen molar-refractivity contribution in [3.63, 3.8) is 0 Å². The minimum absolute atomic E-state index is 0.00450. The number of nitrogens with zero attached hydrogens (tertiary/aromatic N) is 4. The Kier molecular flexibility index (Phi) is 4.46. The zero-order chi connectivity index (χ0) is 17.2. The van der Waals surface area contributed by atoms with Crippen molar-refractivity contribution in [2.75, 3.05) is 13.1 Å². The van der Waals surface area contributed by atoms with Crippen LogP contribution in [-0.2, 0) is 5.67 Å². The number of amides is 2. The third-order valence-electron chi connectivity index (χ3n) is 3.89. The molecular weight excluding hydrogens is 313 g/mol. The van der Waals surface area contributed by atoms with E-state index in [-0.39, 0.29) is 30.9 Å². The zero-order valence-corrected chi connectivity index (χ0v) is 13.7. The van der Waals surface area contributed by atoms with Gasteiger partial charge in [0.25, 0.3) is 5.89 Å². The van der Waals surface area contributed by atoms with Crippen molar-refractivity contribution in [2.24, 2.45) is 0 Å². The topological polar surface area (TPSA) is 84.2 Å². The molecule has 1 atom stereocenters. The maximum atomic E-state index is 15.4. The molecule has 3 rings (SSSR count). The summed E-state index contributed by atoms with van der Waals surface area (Å²) in [6.45, 7) is 4.15. The molecule has 1 fully saturated rings. The van der Waals surface area contributed by atoms with E-state index < -0.39 is 5.67 Å². The molecule has 1 unspecified atom stereocenters. The van der Waals surface area contributed by atoms with Crippen LogP contribution < -0.4 is 5.32 Å². The maximum Gasteiger partial charge on any atom is 0.317 e. The van der Waals surface area contributed by atoms with Crippen LogP contribution in [-0.4, -0.2) is 45.2 Å². The lowest BCUT2D eigenvalue weighted by Gasteiger charge is -2.35. The van der Waals surface area contributed by atoms with Gasteiger partial charge in [0.05, 0.1) is 6.54 Å². The lowest BCUT2D eigenvalue weighted by atomic mass is 9.94. The van der Waals surface area contributed by atoms with Crippen molar-refractivity contribution in [3.8, 4) is 11.4 Å². The van der Waals surface area contributed by atoms with Crippen LogP contribution in [0.2, 0.25) is 0 Å². The van der Waals surface area contributed by atoms with E-state index in [1.54, 1.807) is 24.5 Å². The average Bonchev–Trinajstić information content (AvgIpc) is 3.06. The lowest BCUT2D eigenvalue weighted by molar-refractivity contribution is 0.0304. The molecular formula is C16H20FN5O2. The van der Waals surface area contributed by atoms with Gasteiger partial charge in [-0.2, -0.15) is 4.98 Å². The summed E-state index contributed by atoms with van der Waals surface area (Å²) < 4.78 is 20.5. The first-order valence-electron chi connectivity index (χ1n) is 7.97. The van der Waals surface area contributed by atoms with Gasteiger partial charge in [-0.05, 0) is 38.8 Å². The number of halogens is 1. The highest BCUT2D eigenvalue weighted by atomic mass is 19.1. The first-order valence-corrected chi connectivity index (χ1v) is 7.97. The summed E-state index contributed by atoms with van der Waals surface area (Å²) in [6.07, 6.45) is 4.00. The zero-order valence-electron chi connectivity index (χ0n) is 13.7. The highest BCUT2D eigenvalue weighted by Crippen LogP contribution is 2.35. The van der Waals surface area contributed by atoms with Crippen LogP contribution in [0.1, 0.15) is 32.6 Å². The molecule has 1 N–H and O–H groups in total. The number of urea groups is 1. The van der Waals surface area contributed by atoms with E-state index in [2.05, 4.69) is 20.4 Å². The second-order valence-electron chi connectivity index (χ2n) is 6.25. The number of alkyl halides is 1. The van der Waals surface area contributed by atoms with Gasteiger partial charge in [0.15, 0.2) is 0 Å². The van der Waals surface area contributed by atoms with Gasteiger partial charge in [0, 0.05) is 30.5 Å². The van der Waals surface area contributed by atoms with E-state index in [0.29, 0.717) is 24.4 Å². The SMILES string of the molecule is CC(C)NC(=O)N1CCCC(F)(c2nc(-c3ccncc3)no2)C1. The Hall–Kier alpha value is -2.51. The molecule has 3 heterocycles. The number of hydrogen-bond acceptors (Lipinski definition) is 5. The summed E-state index contributed by atoms with van der Waals surface area (Å²) in [5.74, 6) is 0.226. The molecule has 0 radical (unpaired) electrons. The number of pyridine rings is 1. The molecule has 7 nitrogen and oxygen atoms in total. The van der Waals surface area contributed by atoms with Gasteiger partial charge in [0.1, 0.15) is 0 Å². The van der Waals surface area contributed by atoms with Crippen molar-refractivity contribution in [2.45, 2.75) is 38.4 Å². The van der Waals surface area contributed by atoms with Crippen LogP contribution >= 0.6 is 0 Å². The quantitative estimate of drug-likeness (QED) is 0.933. The van der Waals surface area contributed by atoms with Gasteiger partial charge in [-0.25, -0.2) is 9.18 Å². The third kappa shape index (κ3) is 3.37. The molecule has 0 saturated carbocycles. The second kappa shape index (κ2) is 6.54. The summed E-state index contributed by atoms with van der Waals surface area (Å²) in [5, 5.41) is 6.63. The molecule has 2 aromatic heterocycles. The predicted molar refractivity (Wildman–Crippen MR) is 84.8 cm³/mol. The molecule has 2 amide bonds. The molecule has 1 aliphatic heterocycles. The van der Waals surface area contributed by atoms with Crippen LogP contribution in [0.25, 0.3) is 11.4 Å². The number of carbonyl (C=O) groups excluding carboxylic acids is 1. The second-order valence-corrected chi connectivity index (χ2v) is 6.25. The normalized spacial score (nSPS) is 21.1. The number of rotatable bonds is 3. The molecule has 0 aliphatic carbocycles. The van der Waals surface area contributed by atoms with Gasteiger partial charge in [-0.1, -0.05) is 5.16 Å². The number of piperidine rings is 1. The number of carbonyl (C=O) groups is 1. The molecule has 0 aromatic carbocycles. The van der Waals surface area contributed by atoms with E-state index in [9.17, 15) is 4.79 Å². The van der Waals surface area contributed by atoms with E-state index in [0.717, 1.165) is 0 Å². The van der Waals surface area contributed by atoms with E-state index in [1.807, 2.05) is 13.8 Å². The van der Waals surface area contributed by atoms with Gasteiger partial charge in [0.2, 0.25) is 11.5 Å². The van der Waals surface area contributed by atoms with Gasteiger partial charge in [-0.15, -0.1) is 0 Å². The number of hydrogen-bond donors (Lipinski definition) is 1. The molecule has 1 aliphatic rings. The summed E-state index contributed by atoms with van der Waals surface area (Å²) in [4.78, 5) is 21.7. The van der Waals surface area contributed by atoms with E-state index in [1.165, 1.54) is 4.90 Å². The molecule has 128 valence electrons. The third-order valence-corrected chi connectivity index (χ3v) is 3.89. The lowest BCUT2D eigenvalue weighted by Crippen LogP contribution is -2.51. The van der Waals surface area contributed by atoms with Crippen LogP contribution in [0.5, 0.6) is 0 Å². The largest absolute Gasteiger partial charge is 0.336 e. The number of nitrogens with one attached hydrogen (secondary N) is 1. The van der Waals surface area contributed by atoms with Crippen LogP contribution in [0.4, 0.5) is 9.18 Å². The highest BCUT2D eigenvalue weighted by molar-refractivity contribution is 5.74. The van der Waals surface area contributed by atoms with Crippen LogP contribution in [0.3, 0.4) is 0 Å². The van der Waals surface area contributed by atoms with Crippen molar-refractivity contribution < 1.29 is 13.7 Å². The summed E-state index contributed by atoms with van der Waals surface area (Å²) in [5.41, 5.74) is -1.13.